The molecule has 0 aliphatic carbocycles. The maximum atomic E-state index is 12.6. The Hall–Kier alpha value is -2.41. The highest BCUT2D eigenvalue weighted by Crippen LogP contribution is 2.29. The van der Waals surface area contributed by atoms with Gasteiger partial charge in [-0.2, -0.15) is 13.2 Å². The van der Waals surface area contributed by atoms with Gasteiger partial charge in [0.2, 0.25) is 0 Å². The van der Waals surface area contributed by atoms with Gasteiger partial charge in [0.05, 0.1) is 5.56 Å². The fourth-order valence-electron chi connectivity index (χ4n) is 2.50. The molecule has 1 amide bonds. The first-order valence-corrected chi connectivity index (χ1v) is 7.10. The summed E-state index contributed by atoms with van der Waals surface area (Å²) in [5.74, 6) is -0.408. The van der Waals surface area contributed by atoms with Gasteiger partial charge in [0.25, 0.3) is 5.91 Å². The van der Waals surface area contributed by atoms with E-state index in [0.717, 1.165) is 23.4 Å². The normalized spacial score (nSPS) is 15.0. The summed E-state index contributed by atoms with van der Waals surface area (Å²) in [6.07, 6.45) is -3.77. The number of anilines is 1. The minimum Gasteiger partial charge on any atom is -0.311 e. The summed E-state index contributed by atoms with van der Waals surface area (Å²) in [4.78, 5) is 17.9. The number of pyridine rings is 1. The van der Waals surface area contributed by atoms with Crippen molar-refractivity contribution in [2.75, 3.05) is 18.0 Å². The third kappa shape index (κ3) is 3.19. The van der Waals surface area contributed by atoms with Crippen LogP contribution >= 0.6 is 0 Å². The number of amides is 1. The number of hydrogen-bond acceptors (Lipinski definition) is 3. The quantitative estimate of drug-likeness (QED) is 0.878. The lowest BCUT2D eigenvalue weighted by Gasteiger charge is -2.22. The third-order valence-electron chi connectivity index (χ3n) is 3.67. The minimum absolute atomic E-state index is 0.00490. The topological polar surface area (TPSA) is 45.2 Å². The first-order valence-electron chi connectivity index (χ1n) is 7.10. The number of para-hydroxylation sites is 1. The Morgan fingerprint density at radius 3 is 2.65 bits per heavy atom. The number of fused-ring (bicyclic) bond motifs is 1. The van der Waals surface area contributed by atoms with Crippen molar-refractivity contribution in [1.82, 2.24) is 10.3 Å². The summed E-state index contributed by atoms with van der Waals surface area (Å²) >= 11 is 0. The first kappa shape index (κ1) is 15.5. The summed E-state index contributed by atoms with van der Waals surface area (Å²) in [5, 5.41) is 3.21. The number of alkyl halides is 3. The number of carbonyl (C=O) groups excluding carboxylic acids is 1. The number of aromatic nitrogens is 1. The lowest BCUT2D eigenvalue weighted by Crippen LogP contribution is -2.35. The van der Waals surface area contributed by atoms with Gasteiger partial charge < -0.3 is 10.2 Å². The second-order valence-electron chi connectivity index (χ2n) is 5.19. The summed E-state index contributed by atoms with van der Waals surface area (Å²) in [7, 11) is 0. The Balaban J connectivity index is 1.91. The maximum Gasteiger partial charge on any atom is 0.417 e. The minimum atomic E-state index is -4.46. The van der Waals surface area contributed by atoms with Crippen molar-refractivity contribution in [3.05, 3.63) is 59.4 Å². The molecule has 120 valence electrons. The van der Waals surface area contributed by atoms with Crippen LogP contribution in [0.25, 0.3) is 0 Å². The Morgan fingerprint density at radius 2 is 1.96 bits per heavy atom. The van der Waals surface area contributed by atoms with Crippen LogP contribution in [0.1, 0.15) is 21.6 Å². The second kappa shape index (κ2) is 6.00. The molecule has 1 aliphatic heterocycles. The highest BCUT2D eigenvalue weighted by Gasteiger charge is 2.31. The second-order valence-corrected chi connectivity index (χ2v) is 5.19. The average Bonchev–Trinajstić information content (AvgIpc) is 2.76. The smallest absolute Gasteiger partial charge is 0.311 e. The van der Waals surface area contributed by atoms with Crippen molar-refractivity contribution in [3.63, 3.8) is 0 Å². The molecule has 1 N–H and O–H groups in total. The molecule has 0 saturated heterocycles. The zero-order valence-electron chi connectivity index (χ0n) is 12.1. The number of carbonyl (C=O) groups is 1. The molecule has 4 nitrogen and oxygen atoms in total. The molecule has 0 unspecified atom stereocenters. The van der Waals surface area contributed by atoms with Crippen LogP contribution in [0.5, 0.6) is 0 Å². The molecule has 7 heteroatoms. The van der Waals surface area contributed by atoms with Gasteiger partial charge in [0.1, 0.15) is 5.69 Å². The molecule has 1 aromatic heterocycles. The van der Waals surface area contributed by atoms with Crippen molar-refractivity contribution < 1.29 is 18.0 Å². The van der Waals surface area contributed by atoms with Crippen LogP contribution in [0.15, 0.2) is 42.6 Å². The molecule has 0 fully saturated rings. The van der Waals surface area contributed by atoms with Crippen molar-refractivity contribution in [1.29, 1.82) is 0 Å². The number of nitrogens with one attached hydrogen (secondary N) is 1. The van der Waals surface area contributed by atoms with Crippen LogP contribution in [-0.2, 0) is 12.7 Å². The number of hydrogen-bond donors (Lipinski definition) is 1. The van der Waals surface area contributed by atoms with Gasteiger partial charge in [-0.25, -0.2) is 0 Å². The zero-order chi connectivity index (χ0) is 16.4. The molecule has 23 heavy (non-hydrogen) atoms. The highest BCUT2D eigenvalue weighted by molar-refractivity contribution is 6.05. The molecule has 0 saturated carbocycles. The average molecular weight is 321 g/mol. The van der Waals surface area contributed by atoms with E-state index in [1.807, 2.05) is 24.3 Å². The third-order valence-corrected chi connectivity index (χ3v) is 3.67. The molecule has 0 bridgehead atoms. The predicted molar refractivity (Wildman–Crippen MR) is 79.1 cm³/mol. The van der Waals surface area contributed by atoms with Gasteiger partial charge in [-0.1, -0.05) is 18.2 Å². The number of halogens is 3. The predicted octanol–water partition coefficient (Wildman–Crippen LogP) is 2.85. The van der Waals surface area contributed by atoms with E-state index in [1.165, 1.54) is 0 Å². The maximum absolute atomic E-state index is 12.6. The highest BCUT2D eigenvalue weighted by atomic mass is 19.4. The Morgan fingerprint density at radius 1 is 1.17 bits per heavy atom. The Kier molecular flexibility index (Phi) is 4.04. The number of rotatable bonds is 1. The van der Waals surface area contributed by atoms with Gasteiger partial charge in [0, 0.05) is 31.5 Å². The van der Waals surface area contributed by atoms with E-state index in [0.29, 0.717) is 25.8 Å². The summed E-state index contributed by atoms with van der Waals surface area (Å²) in [5.41, 5.74) is 0.844. The van der Waals surface area contributed by atoms with Gasteiger partial charge in [-0.15, -0.1) is 0 Å². The van der Waals surface area contributed by atoms with Crippen molar-refractivity contribution in [2.45, 2.75) is 12.7 Å². The molecule has 0 radical (unpaired) electrons. The molecule has 1 aromatic carbocycles. The fraction of sp³-hybridized carbons (Fsp3) is 0.250. The van der Waals surface area contributed by atoms with Crippen molar-refractivity contribution >= 4 is 11.6 Å². The molecular formula is C16H14F3N3O. The standard InChI is InChI=1S/C16H14F3N3O/c17-16(18,19)12-5-6-13(21-10-12)15(23)22-8-7-20-9-11-3-1-2-4-14(11)22/h1-6,10,20H,7-9H2. The Labute approximate surface area is 130 Å². The van der Waals surface area contributed by atoms with E-state index in [2.05, 4.69) is 10.3 Å². The zero-order valence-corrected chi connectivity index (χ0v) is 12.1. The van der Waals surface area contributed by atoms with Gasteiger partial charge in [-0.05, 0) is 23.8 Å². The molecule has 3 rings (SSSR count). The van der Waals surface area contributed by atoms with Crippen LogP contribution in [-0.4, -0.2) is 24.0 Å². The van der Waals surface area contributed by atoms with E-state index in [1.54, 1.807) is 4.90 Å². The van der Waals surface area contributed by atoms with Crippen LogP contribution in [0.2, 0.25) is 0 Å². The largest absolute Gasteiger partial charge is 0.417 e. The van der Waals surface area contributed by atoms with Crippen LogP contribution in [0.4, 0.5) is 18.9 Å². The van der Waals surface area contributed by atoms with E-state index in [-0.39, 0.29) is 5.69 Å². The monoisotopic (exact) mass is 321 g/mol. The van der Waals surface area contributed by atoms with Crippen molar-refractivity contribution in [2.24, 2.45) is 0 Å². The SMILES string of the molecule is O=C(c1ccc(C(F)(F)F)cn1)N1CCNCc2ccccc21. The van der Waals surface area contributed by atoms with Crippen LogP contribution < -0.4 is 10.2 Å². The van der Waals surface area contributed by atoms with E-state index in [9.17, 15) is 18.0 Å². The van der Waals surface area contributed by atoms with Crippen molar-refractivity contribution in [3.8, 4) is 0 Å². The molecular weight excluding hydrogens is 307 g/mol. The van der Waals surface area contributed by atoms with E-state index in [4.69, 9.17) is 0 Å². The summed E-state index contributed by atoms with van der Waals surface area (Å²) < 4.78 is 37.7. The van der Waals surface area contributed by atoms with E-state index < -0.39 is 17.6 Å². The Bertz CT molecular complexity index is 713. The number of benzene rings is 1. The lowest BCUT2D eigenvalue weighted by atomic mass is 10.1. The fourth-order valence-corrected chi connectivity index (χ4v) is 2.50. The van der Waals surface area contributed by atoms with Crippen LogP contribution in [0.3, 0.4) is 0 Å². The number of nitrogens with zero attached hydrogens (tertiary/aromatic N) is 2. The molecule has 2 heterocycles. The lowest BCUT2D eigenvalue weighted by molar-refractivity contribution is -0.137. The first-order chi connectivity index (χ1) is 11.0. The molecule has 0 atom stereocenters. The molecule has 0 spiro atoms. The van der Waals surface area contributed by atoms with Gasteiger partial charge >= 0.3 is 6.18 Å². The molecule has 2 aromatic rings. The van der Waals surface area contributed by atoms with Crippen LogP contribution in [0, 0.1) is 0 Å². The summed E-state index contributed by atoms with van der Waals surface area (Å²) in [6, 6.07) is 9.43. The molecule has 1 aliphatic rings. The van der Waals surface area contributed by atoms with E-state index >= 15 is 0 Å². The van der Waals surface area contributed by atoms with Gasteiger partial charge in [-0.3, -0.25) is 9.78 Å². The van der Waals surface area contributed by atoms with Gasteiger partial charge in [0.15, 0.2) is 0 Å². The summed E-state index contributed by atoms with van der Waals surface area (Å²) in [6.45, 7) is 1.67.